The van der Waals surface area contributed by atoms with E-state index in [2.05, 4.69) is 16.0 Å². The number of carbonyl (C=O) groups excluding carboxylic acids is 1. The minimum Gasteiger partial charge on any atom is -0.356 e. The van der Waals surface area contributed by atoms with Crippen LogP contribution in [-0.2, 0) is 4.79 Å². The van der Waals surface area contributed by atoms with Gasteiger partial charge >= 0.3 is 0 Å². The van der Waals surface area contributed by atoms with Crippen LogP contribution in [0.3, 0.4) is 0 Å². The molecule has 94 valence electrons. The van der Waals surface area contributed by atoms with E-state index in [9.17, 15) is 4.79 Å². The molecular weight excluding hydrogens is 226 g/mol. The van der Waals surface area contributed by atoms with Crippen LogP contribution >= 0.6 is 0 Å². The van der Waals surface area contributed by atoms with Crippen LogP contribution in [0.1, 0.15) is 31.0 Å². The van der Waals surface area contributed by atoms with Crippen LogP contribution in [0.4, 0.5) is 5.82 Å². The van der Waals surface area contributed by atoms with E-state index < -0.39 is 0 Å². The van der Waals surface area contributed by atoms with Crippen LogP contribution in [0, 0.1) is 24.2 Å². The first-order valence-electron chi connectivity index (χ1n) is 6.24. The number of piperidine rings is 1. The molecule has 1 saturated heterocycles. The van der Waals surface area contributed by atoms with Crippen molar-refractivity contribution in [1.82, 2.24) is 4.98 Å². The average molecular weight is 243 g/mol. The molecule has 0 radical (unpaired) electrons. The van der Waals surface area contributed by atoms with Crippen LogP contribution in [0.15, 0.2) is 12.1 Å². The van der Waals surface area contributed by atoms with Crippen molar-refractivity contribution in [2.75, 3.05) is 18.0 Å². The zero-order valence-corrected chi connectivity index (χ0v) is 10.8. The smallest absolute Gasteiger partial charge is 0.134 e. The van der Waals surface area contributed by atoms with Gasteiger partial charge in [-0.1, -0.05) is 0 Å². The zero-order valence-electron chi connectivity index (χ0n) is 10.8. The normalized spacial score (nSPS) is 19.4. The fourth-order valence-electron chi connectivity index (χ4n) is 2.39. The lowest BCUT2D eigenvalue weighted by atomic mass is 9.94. The van der Waals surface area contributed by atoms with Crippen molar-refractivity contribution in [1.29, 1.82) is 5.26 Å². The number of nitriles is 1. The van der Waals surface area contributed by atoms with Crippen molar-refractivity contribution >= 4 is 11.6 Å². The van der Waals surface area contributed by atoms with Gasteiger partial charge in [0.1, 0.15) is 11.6 Å². The molecule has 0 N–H and O–H groups in total. The van der Waals surface area contributed by atoms with Crippen molar-refractivity contribution in [3.63, 3.8) is 0 Å². The molecule has 0 aliphatic carbocycles. The summed E-state index contributed by atoms with van der Waals surface area (Å²) in [6.07, 6.45) is 1.96. The third kappa shape index (κ3) is 2.67. The lowest BCUT2D eigenvalue weighted by molar-refractivity contribution is -0.120. The Balaban J connectivity index is 2.23. The Kier molecular flexibility index (Phi) is 3.61. The second-order valence-corrected chi connectivity index (χ2v) is 4.86. The lowest BCUT2D eigenvalue weighted by Crippen LogP contribution is -2.38. The Morgan fingerprint density at radius 1 is 1.56 bits per heavy atom. The van der Waals surface area contributed by atoms with Crippen molar-refractivity contribution in [3.05, 3.63) is 23.4 Å². The minimum atomic E-state index is 0.103. The summed E-state index contributed by atoms with van der Waals surface area (Å²) in [6, 6.07) is 5.72. The molecule has 2 rings (SSSR count). The molecule has 1 aliphatic rings. The summed E-state index contributed by atoms with van der Waals surface area (Å²) in [5.41, 5.74) is 1.47. The zero-order chi connectivity index (χ0) is 13.1. The molecule has 0 aromatic carbocycles. The van der Waals surface area contributed by atoms with E-state index in [1.165, 1.54) is 0 Å². The SMILES string of the molecule is CC(=O)C1CCCN(c2cc(C#N)cc(C)n2)C1. The number of Topliss-reactive ketones (excluding diaryl/α,β-unsaturated/α-hetero) is 1. The van der Waals surface area contributed by atoms with Crippen molar-refractivity contribution in [2.45, 2.75) is 26.7 Å². The largest absolute Gasteiger partial charge is 0.356 e. The summed E-state index contributed by atoms with van der Waals surface area (Å²) in [5.74, 6) is 1.16. The molecule has 18 heavy (non-hydrogen) atoms. The van der Waals surface area contributed by atoms with Gasteiger partial charge in [-0.2, -0.15) is 5.26 Å². The summed E-state index contributed by atoms with van der Waals surface area (Å²) >= 11 is 0. The molecule has 1 atom stereocenters. The molecule has 1 fully saturated rings. The summed E-state index contributed by atoms with van der Waals surface area (Å²) in [5, 5.41) is 8.97. The Hall–Kier alpha value is -1.89. The fraction of sp³-hybridized carbons (Fsp3) is 0.500. The Bertz CT molecular complexity index is 504. The molecular formula is C14H17N3O. The van der Waals surface area contributed by atoms with Crippen LogP contribution in [0.2, 0.25) is 0 Å². The minimum absolute atomic E-state index is 0.103. The van der Waals surface area contributed by atoms with Gasteiger partial charge in [0.2, 0.25) is 0 Å². The number of hydrogen-bond acceptors (Lipinski definition) is 4. The maximum atomic E-state index is 11.5. The van der Waals surface area contributed by atoms with Gasteiger partial charge in [0.05, 0.1) is 11.6 Å². The molecule has 0 spiro atoms. The summed E-state index contributed by atoms with van der Waals surface area (Å²) < 4.78 is 0. The van der Waals surface area contributed by atoms with Crippen LogP contribution in [0.25, 0.3) is 0 Å². The van der Waals surface area contributed by atoms with Gasteiger partial charge in [-0.05, 0) is 38.8 Å². The van der Waals surface area contributed by atoms with Crippen LogP contribution in [0.5, 0.6) is 0 Å². The first-order valence-corrected chi connectivity index (χ1v) is 6.24. The van der Waals surface area contributed by atoms with Gasteiger partial charge in [0.15, 0.2) is 0 Å². The van der Waals surface area contributed by atoms with E-state index >= 15 is 0 Å². The topological polar surface area (TPSA) is 57.0 Å². The van der Waals surface area contributed by atoms with Crippen molar-refractivity contribution in [3.8, 4) is 6.07 Å². The average Bonchev–Trinajstić information content (AvgIpc) is 2.38. The highest BCUT2D eigenvalue weighted by molar-refractivity contribution is 5.79. The summed E-state index contributed by atoms with van der Waals surface area (Å²) in [7, 11) is 0. The lowest BCUT2D eigenvalue weighted by Gasteiger charge is -2.32. The number of aryl methyl sites for hydroxylation is 1. The molecule has 1 aromatic rings. The number of ketones is 1. The maximum absolute atomic E-state index is 11.5. The number of nitrogens with zero attached hydrogens (tertiary/aromatic N) is 3. The van der Waals surface area contributed by atoms with E-state index in [1.807, 2.05) is 6.92 Å². The predicted octanol–water partition coefficient (Wildman–Crippen LogP) is 2.07. The van der Waals surface area contributed by atoms with Crippen LogP contribution < -0.4 is 4.90 Å². The fourth-order valence-corrected chi connectivity index (χ4v) is 2.39. The maximum Gasteiger partial charge on any atom is 0.134 e. The third-order valence-corrected chi connectivity index (χ3v) is 3.39. The number of aromatic nitrogens is 1. The van der Waals surface area contributed by atoms with Gasteiger partial charge in [-0.3, -0.25) is 4.79 Å². The third-order valence-electron chi connectivity index (χ3n) is 3.39. The first-order chi connectivity index (χ1) is 8.60. The second kappa shape index (κ2) is 5.18. The number of anilines is 1. The van der Waals surface area contributed by atoms with Gasteiger partial charge in [-0.15, -0.1) is 0 Å². The molecule has 0 bridgehead atoms. The van der Waals surface area contributed by atoms with Crippen LogP contribution in [-0.4, -0.2) is 23.9 Å². The van der Waals surface area contributed by atoms with Gasteiger partial charge in [-0.25, -0.2) is 4.98 Å². The molecule has 4 heteroatoms. The highest BCUT2D eigenvalue weighted by Gasteiger charge is 2.24. The molecule has 1 aromatic heterocycles. The first kappa shape index (κ1) is 12.6. The van der Waals surface area contributed by atoms with E-state index in [0.29, 0.717) is 5.56 Å². The van der Waals surface area contributed by atoms with Gasteiger partial charge < -0.3 is 4.90 Å². The molecule has 0 saturated carbocycles. The molecule has 1 aliphatic heterocycles. The quantitative estimate of drug-likeness (QED) is 0.797. The Labute approximate surface area is 107 Å². The molecule has 4 nitrogen and oxygen atoms in total. The number of carbonyl (C=O) groups is 1. The number of rotatable bonds is 2. The van der Waals surface area contributed by atoms with E-state index in [1.54, 1.807) is 19.1 Å². The molecule has 0 amide bonds. The number of pyridine rings is 1. The Morgan fingerprint density at radius 2 is 2.33 bits per heavy atom. The highest BCUT2D eigenvalue weighted by Crippen LogP contribution is 2.23. The number of hydrogen-bond donors (Lipinski definition) is 0. The molecule has 1 unspecified atom stereocenters. The second-order valence-electron chi connectivity index (χ2n) is 4.86. The van der Waals surface area contributed by atoms with Gasteiger partial charge in [0.25, 0.3) is 0 Å². The van der Waals surface area contributed by atoms with E-state index in [4.69, 9.17) is 5.26 Å². The summed E-state index contributed by atoms with van der Waals surface area (Å²) in [6.45, 7) is 5.16. The van der Waals surface area contributed by atoms with E-state index in [-0.39, 0.29) is 11.7 Å². The van der Waals surface area contributed by atoms with E-state index in [0.717, 1.165) is 37.4 Å². The monoisotopic (exact) mass is 243 g/mol. The van der Waals surface area contributed by atoms with Crippen molar-refractivity contribution < 1.29 is 4.79 Å². The van der Waals surface area contributed by atoms with Gasteiger partial charge in [0, 0.05) is 24.7 Å². The molecule has 2 heterocycles. The predicted molar refractivity (Wildman–Crippen MR) is 69.3 cm³/mol. The standard InChI is InChI=1S/C14H17N3O/c1-10-6-12(8-15)7-14(16-10)17-5-3-4-13(9-17)11(2)18/h6-7,13H,3-5,9H2,1-2H3. The van der Waals surface area contributed by atoms with Crippen molar-refractivity contribution in [2.24, 2.45) is 5.92 Å². The highest BCUT2D eigenvalue weighted by atomic mass is 16.1. The Morgan fingerprint density at radius 3 is 3.00 bits per heavy atom. The summed E-state index contributed by atoms with van der Waals surface area (Å²) in [4.78, 5) is 18.0.